The average molecular weight is 181 g/mol. The Hall–Kier alpha value is -1.45. The summed E-state index contributed by atoms with van der Waals surface area (Å²) in [4.78, 5) is 11.0. The molecule has 1 heterocycles. The van der Waals surface area contributed by atoms with E-state index >= 15 is 0 Å². The number of carbonyl (C=O) groups excluding carboxylic acids is 1. The Bertz CT molecular complexity index is 299. The molecule has 1 aromatic heterocycles. The second-order valence-corrected chi connectivity index (χ2v) is 2.65. The minimum absolute atomic E-state index is 0.176. The first kappa shape index (κ1) is 9.64. The average Bonchev–Trinajstić information content (AvgIpc) is 2.04. The maximum Gasteiger partial charge on any atom is 0.375 e. The monoisotopic (exact) mass is 181 g/mol. The van der Waals surface area contributed by atoms with E-state index < -0.39 is 0 Å². The van der Waals surface area contributed by atoms with E-state index in [1.807, 2.05) is 19.1 Å². The van der Waals surface area contributed by atoms with Gasteiger partial charge in [0, 0.05) is 6.07 Å². The predicted molar refractivity (Wildman–Crippen MR) is 45.8 cm³/mol. The van der Waals surface area contributed by atoms with Crippen LogP contribution in [0.15, 0.2) is 18.3 Å². The maximum atomic E-state index is 11.0. The summed E-state index contributed by atoms with van der Waals surface area (Å²) < 4.78 is 6.35. The highest BCUT2D eigenvalue weighted by Gasteiger charge is 2.10. The fraction of sp³-hybridized carbons (Fsp3) is 0.444. The molecule has 4 heteroatoms. The number of esters is 1. The van der Waals surface area contributed by atoms with E-state index in [2.05, 4.69) is 5.10 Å². The Kier molecular flexibility index (Phi) is 3.37. The van der Waals surface area contributed by atoms with Crippen LogP contribution in [-0.2, 0) is 16.1 Å². The quantitative estimate of drug-likeness (QED) is 0.495. The van der Waals surface area contributed by atoms with E-state index in [4.69, 9.17) is 4.74 Å². The number of hydrogen-bond acceptors (Lipinski definition) is 3. The largest absolute Gasteiger partial charge is 0.461 e. The molecule has 0 N–H and O–H groups in total. The van der Waals surface area contributed by atoms with Gasteiger partial charge in [0.05, 0.1) is 6.61 Å². The number of carbonyl (C=O) groups is 1. The summed E-state index contributed by atoms with van der Waals surface area (Å²) >= 11 is 0. The Morgan fingerprint density at radius 3 is 3.08 bits per heavy atom. The van der Waals surface area contributed by atoms with Crippen molar-refractivity contribution in [2.24, 2.45) is 0 Å². The molecule has 0 aliphatic rings. The van der Waals surface area contributed by atoms with Crippen molar-refractivity contribution in [3.63, 3.8) is 0 Å². The minimum atomic E-state index is -0.259. The van der Waals surface area contributed by atoms with E-state index in [9.17, 15) is 4.79 Å². The summed E-state index contributed by atoms with van der Waals surface area (Å²) in [5.74, 6) is -0.259. The van der Waals surface area contributed by atoms with Gasteiger partial charge in [0.25, 0.3) is 6.54 Å². The number of hydrogen-bond donors (Lipinski definition) is 0. The second kappa shape index (κ2) is 4.54. The highest BCUT2D eigenvalue weighted by atomic mass is 16.5. The topological polar surface area (TPSA) is 43.1 Å². The Morgan fingerprint density at radius 2 is 2.46 bits per heavy atom. The highest BCUT2D eigenvalue weighted by Crippen LogP contribution is 1.84. The van der Waals surface area contributed by atoms with E-state index in [-0.39, 0.29) is 12.5 Å². The van der Waals surface area contributed by atoms with Crippen LogP contribution in [-0.4, -0.2) is 17.7 Å². The summed E-state index contributed by atoms with van der Waals surface area (Å²) in [5, 5.41) is 4.11. The molecule has 1 aromatic rings. The van der Waals surface area contributed by atoms with Gasteiger partial charge in [-0.05, 0) is 25.0 Å². The molecule has 0 fully saturated rings. The molecule has 0 aliphatic heterocycles. The van der Waals surface area contributed by atoms with E-state index in [0.717, 1.165) is 5.69 Å². The first-order chi connectivity index (χ1) is 6.22. The molecule has 0 unspecified atom stereocenters. The van der Waals surface area contributed by atoms with Crippen LogP contribution in [0.2, 0.25) is 0 Å². The van der Waals surface area contributed by atoms with Crippen molar-refractivity contribution in [2.75, 3.05) is 6.61 Å². The van der Waals surface area contributed by atoms with Crippen molar-refractivity contribution in [1.29, 1.82) is 0 Å². The highest BCUT2D eigenvalue weighted by molar-refractivity contribution is 5.67. The predicted octanol–water partition coefficient (Wildman–Crippen LogP) is 0.241. The lowest BCUT2D eigenvalue weighted by atomic mass is 10.4. The van der Waals surface area contributed by atoms with Gasteiger partial charge in [0.1, 0.15) is 5.69 Å². The number of nitrogens with zero attached hydrogens (tertiary/aromatic N) is 2. The number of aryl methyl sites for hydroxylation is 1. The maximum absolute atomic E-state index is 11.0. The van der Waals surface area contributed by atoms with Crippen LogP contribution < -0.4 is 4.68 Å². The lowest BCUT2D eigenvalue weighted by Crippen LogP contribution is -2.42. The van der Waals surface area contributed by atoms with Gasteiger partial charge in [-0.25, -0.2) is 4.79 Å². The molecule has 0 radical (unpaired) electrons. The van der Waals surface area contributed by atoms with Gasteiger partial charge in [0.2, 0.25) is 0 Å². The van der Waals surface area contributed by atoms with Gasteiger partial charge in [-0.3, -0.25) is 0 Å². The molecule has 0 aliphatic carbocycles. The fourth-order valence-corrected chi connectivity index (χ4v) is 0.978. The molecule has 70 valence electrons. The zero-order valence-electron chi connectivity index (χ0n) is 7.86. The summed E-state index contributed by atoms with van der Waals surface area (Å²) in [6.07, 6.45) is 1.74. The third-order valence-corrected chi connectivity index (χ3v) is 1.48. The summed E-state index contributed by atoms with van der Waals surface area (Å²) in [6, 6.07) is 3.73. The zero-order chi connectivity index (χ0) is 9.68. The first-order valence-electron chi connectivity index (χ1n) is 4.21. The standard InChI is InChI=1S/C9H13N2O2/c1-3-13-9(12)7-11-6-4-5-8(2)10-11/h4-6H,3,7H2,1-2H3/q+1. The van der Waals surface area contributed by atoms with Crippen molar-refractivity contribution in [1.82, 2.24) is 5.10 Å². The molecule has 0 aromatic carbocycles. The molecule has 0 amide bonds. The van der Waals surface area contributed by atoms with Gasteiger partial charge in [-0.1, -0.05) is 4.68 Å². The van der Waals surface area contributed by atoms with Crippen LogP contribution in [0.1, 0.15) is 12.6 Å². The normalized spacial score (nSPS) is 9.69. The van der Waals surface area contributed by atoms with E-state index in [1.165, 1.54) is 0 Å². The molecular weight excluding hydrogens is 168 g/mol. The number of aromatic nitrogens is 2. The van der Waals surface area contributed by atoms with Gasteiger partial charge in [-0.15, -0.1) is 0 Å². The SMILES string of the molecule is CCOC(=O)C[n+]1cccc(C)n1. The van der Waals surface area contributed by atoms with Crippen LogP contribution in [0.25, 0.3) is 0 Å². The lowest BCUT2D eigenvalue weighted by molar-refractivity contribution is -0.744. The number of rotatable bonds is 3. The molecular formula is C9H13N2O2+. The van der Waals surface area contributed by atoms with Crippen molar-refractivity contribution < 1.29 is 14.2 Å². The molecule has 1 rings (SSSR count). The molecule has 0 saturated carbocycles. The zero-order valence-corrected chi connectivity index (χ0v) is 7.86. The van der Waals surface area contributed by atoms with Crippen LogP contribution in [0.4, 0.5) is 0 Å². The van der Waals surface area contributed by atoms with E-state index in [0.29, 0.717) is 6.61 Å². The Balaban J connectivity index is 2.58. The third-order valence-electron chi connectivity index (χ3n) is 1.48. The van der Waals surface area contributed by atoms with Crippen molar-refractivity contribution in [3.05, 3.63) is 24.0 Å². The Morgan fingerprint density at radius 1 is 1.69 bits per heavy atom. The smallest absolute Gasteiger partial charge is 0.375 e. The van der Waals surface area contributed by atoms with Gasteiger partial charge < -0.3 is 4.74 Å². The summed E-state index contributed by atoms with van der Waals surface area (Å²) in [6.45, 7) is 4.24. The van der Waals surface area contributed by atoms with Crippen molar-refractivity contribution >= 4 is 5.97 Å². The molecule has 0 saturated heterocycles. The van der Waals surface area contributed by atoms with Crippen LogP contribution in [0.3, 0.4) is 0 Å². The van der Waals surface area contributed by atoms with Crippen LogP contribution in [0, 0.1) is 6.92 Å². The van der Waals surface area contributed by atoms with Gasteiger partial charge in [0.15, 0.2) is 6.20 Å². The third kappa shape index (κ3) is 3.19. The molecule has 0 bridgehead atoms. The van der Waals surface area contributed by atoms with Crippen LogP contribution in [0.5, 0.6) is 0 Å². The summed E-state index contributed by atoms with van der Waals surface area (Å²) in [5.41, 5.74) is 0.881. The van der Waals surface area contributed by atoms with Crippen LogP contribution >= 0.6 is 0 Å². The van der Waals surface area contributed by atoms with E-state index in [1.54, 1.807) is 17.8 Å². The molecule has 0 atom stereocenters. The lowest BCUT2D eigenvalue weighted by Gasteiger charge is -1.96. The van der Waals surface area contributed by atoms with Crippen molar-refractivity contribution in [3.8, 4) is 0 Å². The Labute approximate surface area is 77.1 Å². The first-order valence-corrected chi connectivity index (χ1v) is 4.21. The van der Waals surface area contributed by atoms with Gasteiger partial charge in [-0.2, -0.15) is 0 Å². The molecule has 0 spiro atoms. The fourth-order valence-electron chi connectivity index (χ4n) is 0.978. The van der Waals surface area contributed by atoms with Crippen molar-refractivity contribution in [2.45, 2.75) is 20.4 Å². The van der Waals surface area contributed by atoms with Gasteiger partial charge >= 0.3 is 5.97 Å². The second-order valence-electron chi connectivity index (χ2n) is 2.65. The minimum Gasteiger partial charge on any atom is -0.461 e. The molecule has 13 heavy (non-hydrogen) atoms. The number of ether oxygens (including phenoxy) is 1. The summed E-state index contributed by atoms with van der Waals surface area (Å²) in [7, 11) is 0. The molecule has 4 nitrogen and oxygen atoms in total.